The Morgan fingerprint density at radius 2 is 1.74 bits per heavy atom. The maximum Gasteiger partial charge on any atom is 0.263 e. The molecular weight excluding hydrogens is 250 g/mol. The summed E-state index contributed by atoms with van der Waals surface area (Å²) in [5, 5.41) is 0.724. The van der Waals surface area contributed by atoms with E-state index in [1.807, 2.05) is 0 Å². The van der Waals surface area contributed by atoms with Crippen LogP contribution in [0.3, 0.4) is 0 Å². The summed E-state index contributed by atoms with van der Waals surface area (Å²) in [4.78, 5) is 49.5. The van der Waals surface area contributed by atoms with E-state index >= 15 is 0 Å². The number of hydroxylamine groups is 2. The number of rotatable bonds is 5. The molecule has 0 N–H and O–H groups in total. The number of benzene rings is 1. The van der Waals surface area contributed by atoms with Gasteiger partial charge in [0.15, 0.2) is 11.5 Å². The molecule has 2 rings (SSSR count). The molecule has 0 atom stereocenters. The number of amides is 2. The topological polar surface area (TPSA) is 80.8 Å². The summed E-state index contributed by atoms with van der Waals surface area (Å²) in [6.07, 6.45) is 0.654. The van der Waals surface area contributed by atoms with E-state index in [1.54, 1.807) is 0 Å². The number of carbonyl (C=O) groups is 4. The van der Waals surface area contributed by atoms with E-state index < -0.39 is 0 Å². The highest BCUT2D eigenvalue weighted by Crippen LogP contribution is 2.18. The zero-order valence-electron chi connectivity index (χ0n) is 10.00. The monoisotopic (exact) mass is 261 g/mol. The number of carbonyl (C=O) groups excluding carboxylic acids is 4. The van der Waals surface area contributed by atoms with Crippen molar-refractivity contribution < 1.29 is 24.0 Å². The summed E-state index contributed by atoms with van der Waals surface area (Å²) in [7, 11) is 0. The first-order valence-electron chi connectivity index (χ1n) is 5.72. The van der Waals surface area contributed by atoms with Crippen LogP contribution < -0.4 is 4.84 Å². The fraction of sp³-hybridized carbons (Fsp3) is 0.231. The number of Topliss-reactive ketones (excluding diaryl/α,β-unsaturated/α-hetero) is 1. The van der Waals surface area contributed by atoms with E-state index in [0.717, 1.165) is 5.06 Å². The Morgan fingerprint density at radius 3 is 2.26 bits per heavy atom. The van der Waals surface area contributed by atoms with Gasteiger partial charge in [-0.2, -0.15) is 0 Å². The summed E-state index contributed by atoms with van der Waals surface area (Å²) in [5.74, 6) is -0.779. The zero-order chi connectivity index (χ0) is 13.8. The number of nitrogens with zero attached hydrogens (tertiary/aromatic N) is 1. The second-order valence-electron chi connectivity index (χ2n) is 3.99. The predicted octanol–water partition coefficient (Wildman–Crippen LogP) is 0.901. The molecular formula is C13H11NO5. The lowest BCUT2D eigenvalue weighted by molar-refractivity contribution is -0.164. The molecule has 0 bridgehead atoms. The van der Waals surface area contributed by atoms with Crippen LogP contribution in [0.5, 0.6) is 5.75 Å². The van der Waals surface area contributed by atoms with Gasteiger partial charge in [0.25, 0.3) is 11.8 Å². The molecule has 1 aliphatic heterocycles. The van der Waals surface area contributed by atoms with E-state index in [4.69, 9.17) is 4.84 Å². The number of hydrogen-bond donors (Lipinski definition) is 0. The Morgan fingerprint density at radius 1 is 1.16 bits per heavy atom. The molecule has 2 amide bonds. The third-order valence-electron chi connectivity index (χ3n) is 2.65. The first kappa shape index (κ1) is 12.9. The highest BCUT2D eigenvalue weighted by Gasteiger charge is 2.31. The van der Waals surface area contributed by atoms with Gasteiger partial charge in [0.1, 0.15) is 6.29 Å². The molecule has 1 saturated heterocycles. The maximum atomic E-state index is 11.4. The Kier molecular flexibility index (Phi) is 3.70. The minimum Gasteiger partial charge on any atom is -0.369 e. The molecule has 1 fully saturated rings. The van der Waals surface area contributed by atoms with Crippen LogP contribution in [0.1, 0.15) is 29.6 Å². The van der Waals surface area contributed by atoms with Crippen LogP contribution in [0.25, 0.3) is 0 Å². The van der Waals surface area contributed by atoms with Gasteiger partial charge in [-0.15, -0.1) is 5.06 Å². The Balaban J connectivity index is 2.06. The second-order valence-corrected chi connectivity index (χ2v) is 3.99. The predicted molar refractivity (Wildman–Crippen MR) is 63.2 cm³/mol. The summed E-state index contributed by atoms with van der Waals surface area (Å²) in [6, 6.07) is 5.90. The van der Waals surface area contributed by atoms with Crippen molar-refractivity contribution in [3.63, 3.8) is 0 Å². The first-order chi connectivity index (χ1) is 9.11. The summed E-state index contributed by atoms with van der Waals surface area (Å²) in [5.41, 5.74) is 0.374. The summed E-state index contributed by atoms with van der Waals surface area (Å²) < 4.78 is 0. The molecule has 0 aliphatic carbocycles. The van der Waals surface area contributed by atoms with Gasteiger partial charge >= 0.3 is 0 Å². The van der Waals surface area contributed by atoms with Crippen LogP contribution in [0.2, 0.25) is 0 Å². The van der Waals surface area contributed by atoms with Crippen molar-refractivity contribution in [2.45, 2.75) is 19.3 Å². The lowest BCUT2D eigenvalue weighted by atomic mass is 10.1. The number of imide groups is 1. The number of ketones is 1. The van der Waals surface area contributed by atoms with E-state index in [-0.39, 0.29) is 42.6 Å². The van der Waals surface area contributed by atoms with Gasteiger partial charge < -0.3 is 9.63 Å². The standard InChI is InChI=1S/C13H11NO5/c15-8-7-11(16)9-1-3-10(4-2-9)19-14-12(17)5-6-13(14)18/h1-4,8H,5-7H2. The summed E-state index contributed by atoms with van der Waals surface area (Å²) >= 11 is 0. The Bertz CT molecular complexity index is 518. The molecule has 19 heavy (non-hydrogen) atoms. The van der Waals surface area contributed by atoms with Crippen LogP contribution in [0, 0.1) is 0 Å². The molecule has 0 unspecified atom stereocenters. The van der Waals surface area contributed by atoms with E-state index in [2.05, 4.69) is 0 Å². The Hall–Kier alpha value is -2.50. The van der Waals surface area contributed by atoms with Gasteiger partial charge in [-0.3, -0.25) is 14.4 Å². The molecule has 1 aromatic carbocycles. The molecule has 0 radical (unpaired) electrons. The van der Waals surface area contributed by atoms with Gasteiger partial charge in [0.2, 0.25) is 0 Å². The fourth-order valence-electron chi connectivity index (χ4n) is 1.66. The van der Waals surface area contributed by atoms with E-state index in [0.29, 0.717) is 11.8 Å². The quantitative estimate of drug-likeness (QED) is 0.340. The molecule has 1 heterocycles. The summed E-state index contributed by atoms with van der Waals surface area (Å²) in [6.45, 7) is 0. The maximum absolute atomic E-state index is 11.4. The van der Waals surface area contributed by atoms with Gasteiger partial charge in [-0.1, -0.05) is 0 Å². The van der Waals surface area contributed by atoms with Crippen molar-refractivity contribution in [3.05, 3.63) is 29.8 Å². The third-order valence-corrected chi connectivity index (χ3v) is 2.65. The normalized spacial score (nSPS) is 14.6. The minimum absolute atomic E-state index is 0.148. The molecule has 0 spiro atoms. The van der Waals surface area contributed by atoms with Gasteiger partial charge in [0.05, 0.1) is 6.42 Å². The number of hydrogen-bond acceptors (Lipinski definition) is 5. The molecule has 1 aromatic rings. The number of aldehydes is 1. The largest absolute Gasteiger partial charge is 0.369 e. The molecule has 0 aromatic heterocycles. The molecule has 1 aliphatic rings. The van der Waals surface area contributed by atoms with Crippen LogP contribution >= 0.6 is 0 Å². The molecule has 6 heteroatoms. The molecule has 98 valence electrons. The Labute approximate surface area is 108 Å². The smallest absolute Gasteiger partial charge is 0.263 e. The van der Waals surface area contributed by atoms with Gasteiger partial charge in [-0.05, 0) is 24.3 Å². The average Bonchev–Trinajstić information content (AvgIpc) is 2.72. The third kappa shape index (κ3) is 2.85. The van der Waals surface area contributed by atoms with E-state index in [9.17, 15) is 19.2 Å². The van der Waals surface area contributed by atoms with Crippen molar-refractivity contribution in [3.8, 4) is 5.75 Å². The average molecular weight is 261 g/mol. The highest BCUT2D eigenvalue weighted by molar-refractivity contribution is 6.03. The highest BCUT2D eigenvalue weighted by atomic mass is 16.7. The van der Waals surface area contributed by atoms with E-state index in [1.165, 1.54) is 24.3 Å². The van der Waals surface area contributed by atoms with Crippen LogP contribution in [-0.4, -0.2) is 28.9 Å². The van der Waals surface area contributed by atoms with Crippen molar-refractivity contribution in [2.75, 3.05) is 0 Å². The lowest BCUT2D eigenvalue weighted by Crippen LogP contribution is -2.32. The first-order valence-corrected chi connectivity index (χ1v) is 5.72. The minimum atomic E-state index is -0.383. The van der Waals surface area contributed by atoms with Crippen molar-refractivity contribution in [1.82, 2.24) is 5.06 Å². The fourth-order valence-corrected chi connectivity index (χ4v) is 1.66. The SMILES string of the molecule is O=CCC(=O)c1ccc(ON2C(=O)CCC2=O)cc1. The van der Waals surface area contributed by atoms with Crippen LogP contribution in [-0.2, 0) is 14.4 Å². The van der Waals surface area contributed by atoms with Crippen molar-refractivity contribution in [2.24, 2.45) is 0 Å². The lowest BCUT2D eigenvalue weighted by Gasteiger charge is -2.14. The van der Waals surface area contributed by atoms with Crippen molar-refractivity contribution in [1.29, 1.82) is 0 Å². The van der Waals surface area contributed by atoms with Crippen molar-refractivity contribution >= 4 is 23.9 Å². The molecule has 0 saturated carbocycles. The van der Waals surface area contributed by atoms with Crippen LogP contribution in [0.15, 0.2) is 24.3 Å². The van der Waals surface area contributed by atoms with Gasteiger partial charge in [0, 0.05) is 18.4 Å². The zero-order valence-corrected chi connectivity index (χ0v) is 10.00. The van der Waals surface area contributed by atoms with Gasteiger partial charge in [-0.25, -0.2) is 0 Å². The van der Waals surface area contributed by atoms with Crippen LogP contribution in [0.4, 0.5) is 0 Å². The molecule has 6 nitrogen and oxygen atoms in total. The second kappa shape index (κ2) is 5.43.